The van der Waals surface area contributed by atoms with Gasteiger partial charge in [0.25, 0.3) is 5.91 Å². The number of hydrogen-bond acceptors (Lipinski definition) is 4. The van der Waals surface area contributed by atoms with Gasteiger partial charge in [-0.05, 0) is 51.9 Å². The smallest absolute Gasteiger partial charge is 0.274 e. The molecule has 0 saturated carbocycles. The number of aryl methyl sites for hydroxylation is 1. The van der Waals surface area contributed by atoms with Crippen molar-refractivity contribution >= 4 is 5.91 Å². The number of rotatable bonds is 2. The normalized spacial score (nSPS) is 24.8. The average Bonchev–Trinajstić information content (AvgIpc) is 3.28. The molecule has 2 aliphatic rings. The molecule has 0 bridgehead atoms. The second-order valence-electron chi connectivity index (χ2n) is 7.40. The predicted octanol–water partition coefficient (Wildman–Crippen LogP) is 2.54. The van der Waals surface area contributed by atoms with Crippen molar-refractivity contribution in [1.29, 1.82) is 0 Å². The summed E-state index contributed by atoms with van der Waals surface area (Å²) in [5, 5.41) is 7.14. The maximum absolute atomic E-state index is 12.9. The highest BCUT2D eigenvalue weighted by Crippen LogP contribution is 2.38. The van der Waals surface area contributed by atoms with Gasteiger partial charge in [0, 0.05) is 31.1 Å². The van der Waals surface area contributed by atoms with Crippen molar-refractivity contribution in [3.05, 3.63) is 29.7 Å². The molecule has 1 unspecified atom stereocenters. The zero-order valence-electron chi connectivity index (χ0n) is 14.3. The van der Waals surface area contributed by atoms with Crippen molar-refractivity contribution in [2.45, 2.75) is 26.2 Å². The minimum Gasteiger partial charge on any atom is -0.460 e. The fourth-order valence-corrected chi connectivity index (χ4v) is 4.17. The first kappa shape index (κ1) is 15.4. The first-order valence-corrected chi connectivity index (χ1v) is 8.65. The van der Waals surface area contributed by atoms with E-state index in [1.807, 2.05) is 24.0 Å². The molecule has 2 saturated heterocycles. The third-order valence-electron chi connectivity index (χ3n) is 5.38. The molecule has 0 aliphatic carbocycles. The van der Waals surface area contributed by atoms with E-state index in [1.165, 1.54) is 12.8 Å². The summed E-state index contributed by atoms with van der Waals surface area (Å²) < 4.78 is 5.59. The molecular weight excluding hydrogens is 304 g/mol. The monoisotopic (exact) mass is 328 g/mol. The van der Waals surface area contributed by atoms with Crippen LogP contribution in [0.15, 0.2) is 22.6 Å². The summed E-state index contributed by atoms with van der Waals surface area (Å²) in [6, 6.07) is 5.59. The largest absolute Gasteiger partial charge is 0.460 e. The quantitative estimate of drug-likeness (QED) is 0.920. The molecule has 4 rings (SSSR count). The molecule has 128 valence electrons. The summed E-state index contributed by atoms with van der Waals surface area (Å²) in [5.74, 6) is 1.58. The third-order valence-corrected chi connectivity index (χ3v) is 5.38. The van der Waals surface area contributed by atoms with Gasteiger partial charge in [-0.15, -0.1) is 0 Å². The highest BCUT2D eigenvalue weighted by Gasteiger charge is 2.41. The van der Waals surface area contributed by atoms with Crippen molar-refractivity contribution in [2.24, 2.45) is 5.41 Å². The number of furan rings is 1. The van der Waals surface area contributed by atoms with Gasteiger partial charge >= 0.3 is 0 Å². The van der Waals surface area contributed by atoms with Gasteiger partial charge in [0.2, 0.25) is 0 Å². The predicted molar refractivity (Wildman–Crippen MR) is 90.7 cm³/mol. The summed E-state index contributed by atoms with van der Waals surface area (Å²) >= 11 is 0. The van der Waals surface area contributed by atoms with Gasteiger partial charge < -0.3 is 14.2 Å². The van der Waals surface area contributed by atoms with Crippen molar-refractivity contribution in [3.63, 3.8) is 0 Å². The molecule has 6 heteroatoms. The number of H-pyrrole nitrogens is 1. The highest BCUT2D eigenvalue weighted by molar-refractivity contribution is 5.93. The van der Waals surface area contributed by atoms with E-state index in [4.69, 9.17) is 4.42 Å². The summed E-state index contributed by atoms with van der Waals surface area (Å²) in [6.45, 7) is 5.79. The minimum atomic E-state index is 0.0226. The zero-order valence-corrected chi connectivity index (χ0v) is 14.3. The molecule has 1 atom stereocenters. The second kappa shape index (κ2) is 5.77. The SMILES string of the molecule is Cc1ccc(-c2cc(C(=O)N3CCCC4(CCN(C)C4)C3)n[nH]2)o1. The van der Waals surface area contributed by atoms with Gasteiger partial charge in [-0.3, -0.25) is 9.89 Å². The van der Waals surface area contributed by atoms with Crippen LogP contribution in [0, 0.1) is 12.3 Å². The molecule has 4 heterocycles. The standard InChI is InChI=1S/C18H24N4O2/c1-13-4-5-16(24-13)14-10-15(20-19-14)17(23)22-8-3-6-18(12-22)7-9-21(2)11-18/h4-5,10H,3,6-9,11-12H2,1-2H3,(H,19,20). The Bertz CT molecular complexity index is 746. The van der Waals surface area contributed by atoms with Gasteiger partial charge in [0.15, 0.2) is 11.5 Å². The van der Waals surface area contributed by atoms with E-state index >= 15 is 0 Å². The van der Waals surface area contributed by atoms with Crippen molar-refractivity contribution in [3.8, 4) is 11.5 Å². The molecule has 2 aliphatic heterocycles. The van der Waals surface area contributed by atoms with E-state index in [2.05, 4.69) is 22.1 Å². The number of carbonyl (C=O) groups excluding carboxylic acids is 1. The van der Waals surface area contributed by atoms with E-state index in [0.29, 0.717) is 11.5 Å². The molecule has 2 aromatic rings. The Balaban J connectivity index is 1.50. The van der Waals surface area contributed by atoms with Crippen LogP contribution >= 0.6 is 0 Å². The lowest BCUT2D eigenvalue weighted by Crippen LogP contribution is -2.47. The topological polar surface area (TPSA) is 65.4 Å². The highest BCUT2D eigenvalue weighted by atomic mass is 16.3. The first-order chi connectivity index (χ1) is 11.5. The van der Waals surface area contributed by atoms with Crippen LogP contribution in [-0.4, -0.2) is 59.1 Å². The molecular formula is C18H24N4O2. The van der Waals surface area contributed by atoms with Crippen LogP contribution in [0.5, 0.6) is 0 Å². The lowest BCUT2D eigenvalue weighted by molar-refractivity contribution is 0.0529. The molecule has 1 amide bonds. The Labute approximate surface area is 141 Å². The van der Waals surface area contributed by atoms with Gasteiger partial charge in [-0.1, -0.05) is 0 Å². The van der Waals surface area contributed by atoms with E-state index in [-0.39, 0.29) is 11.3 Å². The number of piperidine rings is 1. The van der Waals surface area contributed by atoms with Crippen LogP contribution in [0.4, 0.5) is 0 Å². The molecule has 24 heavy (non-hydrogen) atoms. The number of nitrogens with zero attached hydrogens (tertiary/aromatic N) is 3. The molecule has 1 spiro atoms. The number of carbonyl (C=O) groups is 1. The molecule has 2 fully saturated rings. The first-order valence-electron chi connectivity index (χ1n) is 8.65. The minimum absolute atomic E-state index is 0.0226. The van der Waals surface area contributed by atoms with E-state index in [9.17, 15) is 4.79 Å². The lowest BCUT2D eigenvalue weighted by atomic mass is 9.79. The number of aromatic nitrogens is 2. The summed E-state index contributed by atoms with van der Waals surface area (Å²) in [6.07, 6.45) is 3.48. The third kappa shape index (κ3) is 2.75. The Hall–Kier alpha value is -2.08. The number of likely N-dealkylation sites (tertiary alicyclic amines) is 2. The van der Waals surface area contributed by atoms with Crippen molar-refractivity contribution in [2.75, 3.05) is 33.2 Å². The van der Waals surface area contributed by atoms with E-state index in [0.717, 1.165) is 44.1 Å². The van der Waals surface area contributed by atoms with Gasteiger partial charge in [0.1, 0.15) is 11.5 Å². The number of hydrogen-bond donors (Lipinski definition) is 1. The summed E-state index contributed by atoms with van der Waals surface area (Å²) in [5.41, 5.74) is 1.50. The molecule has 6 nitrogen and oxygen atoms in total. The zero-order chi connectivity index (χ0) is 16.7. The maximum atomic E-state index is 12.9. The van der Waals surface area contributed by atoms with Crippen LogP contribution in [0.3, 0.4) is 0 Å². The van der Waals surface area contributed by atoms with Crippen LogP contribution in [0.25, 0.3) is 11.5 Å². The number of aromatic amines is 1. The van der Waals surface area contributed by atoms with Crippen LogP contribution in [0.1, 0.15) is 35.5 Å². The molecule has 0 radical (unpaired) electrons. The lowest BCUT2D eigenvalue weighted by Gasteiger charge is -2.40. The van der Waals surface area contributed by atoms with Crippen LogP contribution < -0.4 is 0 Å². The molecule has 0 aromatic carbocycles. The fourth-order valence-electron chi connectivity index (χ4n) is 4.17. The Kier molecular flexibility index (Phi) is 3.72. The van der Waals surface area contributed by atoms with Crippen LogP contribution in [0.2, 0.25) is 0 Å². The summed E-state index contributed by atoms with van der Waals surface area (Å²) in [4.78, 5) is 17.2. The summed E-state index contributed by atoms with van der Waals surface area (Å²) in [7, 11) is 2.17. The van der Waals surface area contributed by atoms with Crippen LogP contribution in [-0.2, 0) is 0 Å². The Morgan fingerprint density at radius 3 is 2.88 bits per heavy atom. The number of amides is 1. The Morgan fingerprint density at radius 1 is 1.29 bits per heavy atom. The van der Waals surface area contributed by atoms with E-state index in [1.54, 1.807) is 6.07 Å². The van der Waals surface area contributed by atoms with Gasteiger partial charge in [-0.25, -0.2) is 0 Å². The maximum Gasteiger partial charge on any atom is 0.274 e. The van der Waals surface area contributed by atoms with Gasteiger partial charge in [0.05, 0.1) is 0 Å². The molecule has 1 N–H and O–H groups in total. The average molecular weight is 328 g/mol. The van der Waals surface area contributed by atoms with Crippen molar-refractivity contribution < 1.29 is 9.21 Å². The molecule has 2 aromatic heterocycles. The van der Waals surface area contributed by atoms with Crippen molar-refractivity contribution in [1.82, 2.24) is 20.0 Å². The number of nitrogens with one attached hydrogen (secondary N) is 1. The fraction of sp³-hybridized carbons (Fsp3) is 0.556. The van der Waals surface area contributed by atoms with Gasteiger partial charge in [-0.2, -0.15) is 5.10 Å². The second-order valence-corrected chi connectivity index (χ2v) is 7.40. The Morgan fingerprint density at radius 2 is 2.17 bits per heavy atom. The van der Waals surface area contributed by atoms with E-state index < -0.39 is 0 Å².